The van der Waals surface area contributed by atoms with E-state index in [0.29, 0.717) is 6.04 Å². The number of rotatable bonds is 3. The molecule has 2 rings (SSSR count). The summed E-state index contributed by atoms with van der Waals surface area (Å²) < 4.78 is 0. The lowest BCUT2D eigenvalue weighted by Gasteiger charge is -2.40. The second-order valence-electron chi connectivity index (χ2n) is 4.60. The van der Waals surface area contributed by atoms with Crippen molar-refractivity contribution in [3.63, 3.8) is 0 Å². The van der Waals surface area contributed by atoms with E-state index in [1.54, 1.807) is 0 Å². The highest BCUT2D eigenvalue weighted by atomic mass is 35.5. The molecule has 3 nitrogen and oxygen atoms in total. The second-order valence-corrected chi connectivity index (χ2v) is 5.04. The topological polar surface area (TPSA) is 32.5 Å². The molecule has 0 saturated carbocycles. The van der Waals surface area contributed by atoms with Crippen LogP contribution < -0.4 is 10.6 Å². The summed E-state index contributed by atoms with van der Waals surface area (Å²) in [5.74, 6) is 0. The highest BCUT2D eigenvalue weighted by Gasteiger charge is 2.22. The van der Waals surface area contributed by atoms with E-state index in [-0.39, 0.29) is 0 Å². The average Bonchev–Trinajstić information content (AvgIpc) is 2.32. The van der Waals surface area contributed by atoms with Gasteiger partial charge in [-0.15, -0.1) is 0 Å². The molecule has 1 fully saturated rings. The lowest BCUT2D eigenvalue weighted by Crippen LogP contribution is -2.53. The van der Waals surface area contributed by atoms with E-state index >= 15 is 0 Å². The van der Waals surface area contributed by atoms with Gasteiger partial charge in [-0.3, -0.25) is 4.90 Å². The fourth-order valence-electron chi connectivity index (χ4n) is 2.40. The molecule has 2 N–H and O–H groups in total. The maximum Gasteiger partial charge on any atom is 0.0426 e. The van der Waals surface area contributed by atoms with Crippen molar-refractivity contribution < 1.29 is 0 Å². The first-order valence-electron chi connectivity index (χ1n) is 6.15. The van der Waals surface area contributed by atoms with E-state index in [9.17, 15) is 0 Å². The van der Waals surface area contributed by atoms with Crippen LogP contribution in [0, 0.1) is 0 Å². The highest BCUT2D eigenvalue weighted by Crippen LogP contribution is 2.22. The molecular formula is C13H20ClN3. The van der Waals surface area contributed by atoms with Crippen molar-refractivity contribution in [2.24, 2.45) is 5.73 Å². The van der Waals surface area contributed by atoms with Crippen molar-refractivity contribution >= 4 is 17.3 Å². The fraction of sp³-hybridized carbons (Fsp3) is 0.538. The van der Waals surface area contributed by atoms with Crippen LogP contribution in [-0.2, 0) is 0 Å². The maximum atomic E-state index is 6.03. The van der Waals surface area contributed by atoms with Gasteiger partial charge < -0.3 is 10.6 Å². The molecule has 0 bridgehead atoms. The maximum absolute atomic E-state index is 6.03. The Hall–Kier alpha value is -0.770. The van der Waals surface area contributed by atoms with Crippen molar-refractivity contribution in [3.8, 4) is 0 Å². The average molecular weight is 254 g/mol. The fourth-order valence-corrected chi connectivity index (χ4v) is 2.59. The summed E-state index contributed by atoms with van der Waals surface area (Å²) in [7, 11) is 0. The van der Waals surface area contributed by atoms with Gasteiger partial charge in [-0.1, -0.05) is 17.7 Å². The minimum atomic E-state index is 0.547. The van der Waals surface area contributed by atoms with Gasteiger partial charge in [-0.2, -0.15) is 0 Å². The van der Waals surface area contributed by atoms with Crippen LogP contribution in [0.15, 0.2) is 24.3 Å². The van der Waals surface area contributed by atoms with Gasteiger partial charge in [0.15, 0.2) is 0 Å². The summed E-state index contributed by atoms with van der Waals surface area (Å²) in [5.41, 5.74) is 6.83. The first kappa shape index (κ1) is 12.7. The molecule has 1 heterocycles. The summed E-state index contributed by atoms with van der Waals surface area (Å²) in [6.07, 6.45) is 0. The third kappa shape index (κ3) is 3.12. The van der Waals surface area contributed by atoms with Gasteiger partial charge in [-0.25, -0.2) is 0 Å². The predicted octanol–water partition coefficient (Wildman–Crippen LogP) is 1.81. The molecule has 1 unspecified atom stereocenters. The number of anilines is 1. The SMILES string of the molecule is CC1CN(c2cccc(Cl)c2)CCN1CCN. The standard InChI is InChI=1S/C13H20ClN3/c1-11-10-17(8-7-16(11)6-5-15)13-4-2-3-12(14)9-13/h2-4,9,11H,5-8,10,15H2,1H3. The molecule has 1 aromatic carbocycles. The molecule has 0 amide bonds. The molecule has 1 aromatic rings. The second kappa shape index (κ2) is 5.71. The minimum absolute atomic E-state index is 0.547. The molecule has 17 heavy (non-hydrogen) atoms. The summed E-state index contributed by atoms with van der Waals surface area (Å²) in [6, 6.07) is 8.63. The summed E-state index contributed by atoms with van der Waals surface area (Å²) in [6.45, 7) is 7.15. The van der Waals surface area contributed by atoms with Crippen molar-refractivity contribution in [2.75, 3.05) is 37.6 Å². The van der Waals surface area contributed by atoms with E-state index < -0.39 is 0 Å². The Bertz CT molecular complexity index is 369. The number of halogens is 1. The predicted molar refractivity (Wildman–Crippen MR) is 73.8 cm³/mol. The van der Waals surface area contributed by atoms with Crippen LogP contribution in [0.4, 0.5) is 5.69 Å². The zero-order valence-electron chi connectivity index (χ0n) is 10.3. The molecule has 4 heteroatoms. The normalized spacial score (nSPS) is 21.8. The van der Waals surface area contributed by atoms with Crippen LogP contribution in [0.3, 0.4) is 0 Å². The van der Waals surface area contributed by atoms with Crippen molar-refractivity contribution in [1.29, 1.82) is 0 Å². The number of hydrogen-bond acceptors (Lipinski definition) is 3. The van der Waals surface area contributed by atoms with E-state index in [1.807, 2.05) is 18.2 Å². The quantitative estimate of drug-likeness (QED) is 0.892. The summed E-state index contributed by atoms with van der Waals surface area (Å²) >= 11 is 6.03. The smallest absolute Gasteiger partial charge is 0.0426 e. The number of benzene rings is 1. The number of piperazine rings is 1. The molecule has 1 atom stereocenters. The molecule has 1 aliphatic heterocycles. The monoisotopic (exact) mass is 253 g/mol. The third-order valence-electron chi connectivity index (χ3n) is 3.35. The molecule has 1 saturated heterocycles. The largest absolute Gasteiger partial charge is 0.369 e. The molecular weight excluding hydrogens is 234 g/mol. The van der Waals surface area contributed by atoms with Crippen molar-refractivity contribution in [1.82, 2.24) is 4.90 Å². The first-order valence-corrected chi connectivity index (χ1v) is 6.53. The van der Waals surface area contributed by atoms with E-state index in [1.165, 1.54) is 5.69 Å². The van der Waals surface area contributed by atoms with Crippen LogP contribution in [0.1, 0.15) is 6.92 Å². The molecule has 94 valence electrons. The van der Waals surface area contributed by atoms with Gasteiger partial charge in [0.1, 0.15) is 0 Å². The van der Waals surface area contributed by atoms with Gasteiger partial charge in [0.05, 0.1) is 0 Å². The lowest BCUT2D eigenvalue weighted by atomic mass is 10.1. The number of nitrogens with zero attached hydrogens (tertiary/aromatic N) is 2. The Balaban J connectivity index is 2.01. The summed E-state index contributed by atoms with van der Waals surface area (Å²) in [4.78, 5) is 4.84. The van der Waals surface area contributed by atoms with Crippen molar-refractivity contribution in [3.05, 3.63) is 29.3 Å². The van der Waals surface area contributed by atoms with Gasteiger partial charge >= 0.3 is 0 Å². The van der Waals surface area contributed by atoms with Gasteiger partial charge in [0.2, 0.25) is 0 Å². The van der Waals surface area contributed by atoms with E-state index in [0.717, 1.165) is 37.7 Å². The van der Waals surface area contributed by atoms with E-state index in [2.05, 4.69) is 22.8 Å². The Labute approximate surface area is 108 Å². The van der Waals surface area contributed by atoms with Crippen LogP contribution in [0.25, 0.3) is 0 Å². The molecule has 0 spiro atoms. The highest BCUT2D eigenvalue weighted by molar-refractivity contribution is 6.30. The minimum Gasteiger partial charge on any atom is -0.369 e. The molecule has 0 radical (unpaired) electrons. The summed E-state index contributed by atoms with van der Waals surface area (Å²) in [5, 5.41) is 0.805. The molecule has 0 aliphatic carbocycles. The van der Waals surface area contributed by atoms with Gasteiger partial charge in [-0.05, 0) is 25.1 Å². The van der Waals surface area contributed by atoms with Crippen molar-refractivity contribution in [2.45, 2.75) is 13.0 Å². The van der Waals surface area contributed by atoms with Gasteiger partial charge in [0, 0.05) is 49.5 Å². The third-order valence-corrected chi connectivity index (χ3v) is 3.59. The Morgan fingerprint density at radius 2 is 2.24 bits per heavy atom. The Morgan fingerprint density at radius 3 is 2.88 bits per heavy atom. The zero-order valence-corrected chi connectivity index (χ0v) is 11.0. The Kier molecular flexibility index (Phi) is 4.26. The zero-order chi connectivity index (χ0) is 12.3. The lowest BCUT2D eigenvalue weighted by molar-refractivity contribution is 0.195. The Morgan fingerprint density at radius 1 is 1.41 bits per heavy atom. The van der Waals surface area contributed by atoms with Crippen LogP contribution in [0.5, 0.6) is 0 Å². The van der Waals surface area contributed by atoms with Crippen LogP contribution in [-0.4, -0.2) is 43.7 Å². The first-order chi connectivity index (χ1) is 8.20. The van der Waals surface area contributed by atoms with Gasteiger partial charge in [0.25, 0.3) is 0 Å². The molecule has 0 aromatic heterocycles. The molecule has 1 aliphatic rings. The number of nitrogens with two attached hydrogens (primary N) is 1. The van der Waals surface area contributed by atoms with Crippen LogP contribution in [0.2, 0.25) is 5.02 Å². The number of hydrogen-bond donors (Lipinski definition) is 1. The van der Waals surface area contributed by atoms with Crippen LogP contribution >= 0.6 is 11.6 Å². The van der Waals surface area contributed by atoms with E-state index in [4.69, 9.17) is 17.3 Å².